The van der Waals surface area contributed by atoms with Crippen LogP contribution in [-0.2, 0) is 0 Å². The maximum Gasteiger partial charge on any atom is 1.00 e. The van der Waals surface area contributed by atoms with Crippen LogP contribution in [0.3, 0.4) is 0 Å². The van der Waals surface area contributed by atoms with Crippen molar-refractivity contribution in [2.75, 3.05) is 0 Å². The fourth-order valence-corrected chi connectivity index (χ4v) is 0.389. The van der Waals surface area contributed by atoms with E-state index in [9.17, 15) is 0 Å². The Balaban J connectivity index is 0. The molecule has 0 spiro atoms. The van der Waals surface area contributed by atoms with E-state index in [0.29, 0.717) is 5.69 Å². The van der Waals surface area contributed by atoms with Crippen molar-refractivity contribution in [3.8, 4) is 6.07 Å². The van der Waals surface area contributed by atoms with Gasteiger partial charge in [-0.05, 0) is 0 Å². The molecule has 1 rings (SSSR count). The number of hydrogen-bond donors (Lipinski definition) is 2. The average molecular weight is 192 g/mol. The molecule has 12 heavy (non-hydrogen) atoms. The molecular weight excluding hydrogens is 187 g/mol. The summed E-state index contributed by atoms with van der Waals surface area (Å²) in [5.74, 6) is 0. The summed E-state index contributed by atoms with van der Waals surface area (Å²) in [5.41, 5.74) is 0.410. The van der Waals surface area contributed by atoms with Crippen molar-refractivity contribution in [2.45, 2.75) is 0 Å². The molecule has 0 aliphatic rings. The van der Waals surface area contributed by atoms with Crippen molar-refractivity contribution in [1.29, 1.82) is 5.26 Å². The maximum atomic E-state index is 8.21. The van der Waals surface area contributed by atoms with Crippen molar-refractivity contribution >= 4 is 12.3 Å². The van der Waals surface area contributed by atoms with Gasteiger partial charge in [0.15, 0.2) is 12.3 Å². The van der Waals surface area contributed by atoms with E-state index in [4.69, 9.17) is 14.4 Å². The largest absolute Gasteiger partial charge is 1.00 e. The number of pyridine rings is 1. The van der Waals surface area contributed by atoms with Crippen LogP contribution >= 0.6 is 12.3 Å². The van der Waals surface area contributed by atoms with E-state index >= 15 is 0 Å². The molecule has 1 aromatic heterocycles. The molecule has 0 aliphatic heterocycles. The molecule has 6 heteroatoms. The molecule has 1 aromatic rings. The summed E-state index contributed by atoms with van der Waals surface area (Å²) < 4.78 is 14.1. The van der Waals surface area contributed by atoms with Gasteiger partial charge in [-0.15, -0.1) is 6.07 Å². The SMILES string of the molecule is N#Cc1ccc[c-]n1.OSO.[Na+]. The van der Waals surface area contributed by atoms with E-state index in [1.807, 2.05) is 6.07 Å². The Hall–Kier alpha value is -0.0900. The first kappa shape index (κ1) is 14.4. The Morgan fingerprint density at radius 1 is 1.58 bits per heavy atom. The Morgan fingerprint density at radius 2 is 2.17 bits per heavy atom. The van der Waals surface area contributed by atoms with Crippen LogP contribution < -0.4 is 29.6 Å². The topological polar surface area (TPSA) is 77.1 Å². The van der Waals surface area contributed by atoms with Gasteiger partial charge in [-0.1, -0.05) is 6.20 Å². The zero-order chi connectivity index (χ0) is 8.53. The van der Waals surface area contributed by atoms with Gasteiger partial charge in [-0.2, -0.15) is 12.1 Å². The number of nitrogens with zero attached hydrogens (tertiary/aromatic N) is 2. The average Bonchev–Trinajstić information content (AvgIpc) is 2.08. The molecule has 4 nitrogen and oxygen atoms in total. The molecule has 0 atom stereocenters. The molecule has 58 valence electrons. The predicted octanol–water partition coefficient (Wildman–Crippen LogP) is -1.58. The van der Waals surface area contributed by atoms with Crippen LogP contribution in [-0.4, -0.2) is 14.1 Å². The first-order valence-corrected chi connectivity index (χ1v) is 3.26. The normalized spacial score (nSPS) is 6.75. The molecule has 1 heterocycles. The van der Waals surface area contributed by atoms with Gasteiger partial charge in [0, 0.05) is 5.69 Å². The van der Waals surface area contributed by atoms with Crippen molar-refractivity contribution in [3.05, 3.63) is 30.1 Å². The fourth-order valence-electron chi connectivity index (χ4n) is 0.389. The quantitative estimate of drug-likeness (QED) is 0.295. The third-order valence-corrected chi connectivity index (χ3v) is 0.724. The van der Waals surface area contributed by atoms with Gasteiger partial charge in [0.05, 0.1) is 6.07 Å². The van der Waals surface area contributed by atoms with E-state index in [-0.39, 0.29) is 41.9 Å². The molecule has 0 saturated heterocycles. The Kier molecular flexibility index (Phi) is 13.1. The summed E-state index contributed by atoms with van der Waals surface area (Å²) >= 11 is -0.250. The molecule has 0 aliphatic carbocycles. The molecular formula is C6H5N2NaO2S. The summed E-state index contributed by atoms with van der Waals surface area (Å²) in [6.07, 6.45) is 2.54. The maximum absolute atomic E-state index is 8.21. The Bertz CT molecular complexity index is 227. The second-order valence-electron chi connectivity index (χ2n) is 1.35. The van der Waals surface area contributed by atoms with Gasteiger partial charge in [-0.3, -0.25) is 0 Å². The summed E-state index contributed by atoms with van der Waals surface area (Å²) in [7, 11) is 0. The van der Waals surface area contributed by atoms with Gasteiger partial charge >= 0.3 is 29.6 Å². The van der Waals surface area contributed by atoms with Crippen LogP contribution in [0.5, 0.6) is 0 Å². The minimum Gasteiger partial charge on any atom is -0.377 e. The van der Waals surface area contributed by atoms with Gasteiger partial charge in [0.1, 0.15) is 0 Å². The Labute approximate surface area is 97.0 Å². The van der Waals surface area contributed by atoms with Crippen LogP contribution in [0.25, 0.3) is 0 Å². The van der Waals surface area contributed by atoms with Gasteiger partial charge < -0.3 is 14.1 Å². The number of nitriles is 1. The van der Waals surface area contributed by atoms with E-state index in [0.717, 1.165) is 0 Å². The van der Waals surface area contributed by atoms with Gasteiger partial charge in [0.2, 0.25) is 0 Å². The molecule has 2 N–H and O–H groups in total. The molecule has 0 aromatic carbocycles. The molecule has 0 bridgehead atoms. The minimum absolute atomic E-state index is 0. The van der Waals surface area contributed by atoms with E-state index in [1.54, 1.807) is 18.2 Å². The number of aromatic nitrogens is 1. The summed E-state index contributed by atoms with van der Waals surface area (Å²) in [6.45, 7) is 0. The van der Waals surface area contributed by atoms with Crippen molar-refractivity contribution in [3.63, 3.8) is 0 Å². The smallest absolute Gasteiger partial charge is 0.377 e. The van der Waals surface area contributed by atoms with Crippen LogP contribution in [0, 0.1) is 17.5 Å². The molecule has 0 amide bonds. The van der Waals surface area contributed by atoms with Crippen molar-refractivity contribution in [1.82, 2.24) is 4.98 Å². The van der Waals surface area contributed by atoms with E-state index in [1.165, 1.54) is 0 Å². The van der Waals surface area contributed by atoms with Gasteiger partial charge in [0.25, 0.3) is 0 Å². The first-order valence-electron chi connectivity index (χ1n) is 2.53. The predicted molar refractivity (Wildman–Crippen MR) is 40.6 cm³/mol. The molecule has 0 unspecified atom stereocenters. The number of hydrogen-bond acceptors (Lipinski definition) is 5. The van der Waals surface area contributed by atoms with Gasteiger partial charge in [-0.25, -0.2) is 5.26 Å². The van der Waals surface area contributed by atoms with Crippen LogP contribution in [0.1, 0.15) is 5.69 Å². The second-order valence-corrected chi connectivity index (χ2v) is 1.51. The second kappa shape index (κ2) is 10.9. The van der Waals surface area contributed by atoms with Crippen molar-refractivity contribution < 1.29 is 38.7 Å². The summed E-state index contributed by atoms with van der Waals surface area (Å²) in [4.78, 5) is 3.61. The minimum atomic E-state index is -0.250. The summed E-state index contributed by atoms with van der Waals surface area (Å²) in [6, 6.07) is 6.90. The fraction of sp³-hybridized carbons (Fsp3) is 0. The van der Waals surface area contributed by atoms with Crippen LogP contribution in [0.2, 0.25) is 0 Å². The monoisotopic (exact) mass is 192 g/mol. The van der Waals surface area contributed by atoms with Crippen LogP contribution in [0.15, 0.2) is 18.2 Å². The number of rotatable bonds is 0. The standard InChI is InChI=1S/C6H3N2.Na.H2O2S/c7-5-6-3-1-2-4-8-6;;1-3-2/h1-3H;;1-2H/q-1;+1;. The van der Waals surface area contributed by atoms with E-state index in [2.05, 4.69) is 11.2 Å². The van der Waals surface area contributed by atoms with Crippen molar-refractivity contribution in [2.24, 2.45) is 0 Å². The molecule has 0 radical (unpaired) electrons. The van der Waals surface area contributed by atoms with Crippen LogP contribution in [0.4, 0.5) is 0 Å². The molecule has 0 fully saturated rings. The zero-order valence-corrected chi connectivity index (χ0v) is 9.25. The third kappa shape index (κ3) is 8.01. The zero-order valence-electron chi connectivity index (χ0n) is 6.43. The molecule has 0 saturated carbocycles. The van der Waals surface area contributed by atoms with E-state index < -0.39 is 0 Å². The first-order chi connectivity index (χ1) is 5.35. The Morgan fingerprint density at radius 3 is 2.42 bits per heavy atom. The third-order valence-electron chi connectivity index (χ3n) is 0.724. The summed E-state index contributed by atoms with van der Waals surface area (Å²) in [5, 5.41) is 8.21.